The molecule has 1 aromatic carbocycles. The van der Waals surface area contributed by atoms with Gasteiger partial charge in [-0.05, 0) is 26.0 Å². The van der Waals surface area contributed by atoms with Gasteiger partial charge >= 0.3 is 0 Å². The van der Waals surface area contributed by atoms with Crippen molar-refractivity contribution in [3.63, 3.8) is 0 Å². The highest BCUT2D eigenvalue weighted by atomic mass is 32.2. The molecule has 0 radical (unpaired) electrons. The SMILES string of the molecule is CCN(CC)C(=O)CSc1nnc(CNC(=O)c2c(F)cccc2F)o1. The normalized spacial score (nSPS) is 10.6. The van der Waals surface area contributed by atoms with E-state index < -0.39 is 23.1 Å². The van der Waals surface area contributed by atoms with E-state index in [0.717, 1.165) is 23.9 Å². The highest BCUT2D eigenvalue weighted by Crippen LogP contribution is 2.17. The summed E-state index contributed by atoms with van der Waals surface area (Å²) in [7, 11) is 0. The van der Waals surface area contributed by atoms with Gasteiger partial charge in [-0.15, -0.1) is 10.2 Å². The molecule has 0 bridgehead atoms. The Bertz CT molecular complexity index is 760. The Morgan fingerprint density at radius 3 is 2.46 bits per heavy atom. The van der Waals surface area contributed by atoms with Crippen molar-refractivity contribution >= 4 is 23.6 Å². The molecule has 1 aromatic heterocycles. The van der Waals surface area contributed by atoms with E-state index in [4.69, 9.17) is 4.42 Å². The molecule has 0 atom stereocenters. The number of nitrogens with one attached hydrogen (secondary N) is 1. The van der Waals surface area contributed by atoms with Crippen LogP contribution in [0.15, 0.2) is 27.8 Å². The molecule has 0 aliphatic rings. The second-order valence-corrected chi connectivity index (χ2v) is 6.02. The highest BCUT2D eigenvalue weighted by molar-refractivity contribution is 7.99. The molecule has 2 amide bonds. The first-order valence-electron chi connectivity index (χ1n) is 7.91. The van der Waals surface area contributed by atoms with Crippen molar-refractivity contribution in [1.82, 2.24) is 20.4 Å². The summed E-state index contributed by atoms with van der Waals surface area (Å²) >= 11 is 1.08. The summed E-state index contributed by atoms with van der Waals surface area (Å²) in [6.07, 6.45) is 0. The third-order valence-electron chi connectivity index (χ3n) is 3.47. The maximum atomic E-state index is 13.5. The van der Waals surface area contributed by atoms with Gasteiger partial charge in [-0.2, -0.15) is 0 Å². The van der Waals surface area contributed by atoms with Gasteiger partial charge in [0.1, 0.15) is 17.2 Å². The lowest BCUT2D eigenvalue weighted by Crippen LogP contribution is -2.31. The molecule has 0 fully saturated rings. The lowest BCUT2D eigenvalue weighted by Gasteiger charge is -2.17. The van der Waals surface area contributed by atoms with Crippen molar-refractivity contribution < 1.29 is 22.8 Å². The summed E-state index contributed by atoms with van der Waals surface area (Å²) in [5.41, 5.74) is -0.675. The van der Waals surface area contributed by atoms with Gasteiger partial charge in [0.05, 0.1) is 12.3 Å². The molecule has 0 aliphatic heterocycles. The van der Waals surface area contributed by atoms with Crippen molar-refractivity contribution in [2.45, 2.75) is 25.6 Å². The fourth-order valence-corrected chi connectivity index (χ4v) is 2.80. The third kappa shape index (κ3) is 5.01. The predicted octanol–water partition coefficient (Wildman–Crippen LogP) is 2.24. The topological polar surface area (TPSA) is 88.3 Å². The molecule has 26 heavy (non-hydrogen) atoms. The minimum atomic E-state index is -0.959. The molecule has 1 N–H and O–H groups in total. The Morgan fingerprint density at radius 1 is 1.19 bits per heavy atom. The molecular weight excluding hydrogens is 366 g/mol. The van der Waals surface area contributed by atoms with Crippen LogP contribution in [-0.2, 0) is 11.3 Å². The second kappa shape index (κ2) is 9.27. The highest BCUT2D eigenvalue weighted by Gasteiger charge is 2.18. The predicted molar refractivity (Wildman–Crippen MR) is 90.5 cm³/mol. The van der Waals surface area contributed by atoms with Gasteiger partial charge in [-0.25, -0.2) is 8.78 Å². The number of hydrogen-bond donors (Lipinski definition) is 1. The van der Waals surface area contributed by atoms with Gasteiger partial charge < -0.3 is 14.6 Å². The Kier molecular flexibility index (Phi) is 7.07. The average Bonchev–Trinajstić information content (AvgIpc) is 3.07. The number of benzene rings is 1. The molecule has 0 spiro atoms. The number of aromatic nitrogens is 2. The smallest absolute Gasteiger partial charge is 0.277 e. The maximum absolute atomic E-state index is 13.5. The number of hydrogen-bond acceptors (Lipinski definition) is 6. The fraction of sp³-hybridized carbons (Fsp3) is 0.375. The van der Waals surface area contributed by atoms with Crippen molar-refractivity contribution in [1.29, 1.82) is 0 Å². The van der Waals surface area contributed by atoms with Gasteiger partial charge in [-0.3, -0.25) is 9.59 Å². The molecule has 0 aliphatic carbocycles. The van der Waals surface area contributed by atoms with Crippen molar-refractivity contribution in [3.8, 4) is 0 Å². The first-order valence-corrected chi connectivity index (χ1v) is 8.90. The van der Waals surface area contributed by atoms with Crippen LogP contribution in [0.3, 0.4) is 0 Å². The van der Waals surface area contributed by atoms with Crippen molar-refractivity contribution in [2.75, 3.05) is 18.8 Å². The third-order valence-corrected chi connectivity index (χ3v) is 4.28. The summed E-state index contributed by atoms with van der Waals surface area (Å²) < 4.78 is 32.4. The van der Waals surface area contributed by atoms with E-state index in [0.29, 0.717) is 13.1 Å². The van der Waals surface area contributed by atoms with Gasteiger partial charge in [0, 0.05) is 13.1 Å². The Balaban J connectivity index is 1.88. The zero-order valence-electron chi connectivity index (χ0n) is 14.3. The zero-order valence-corrected chi connectivity index (χ0v) is 15.1. The average molecular weight is 384 g/mol. The summed E-state index contributed by atoms with van der Waals surface area (Å²) in [5, 5.41) is 9.97. The van der Waals surface area contributed by atoms with Crippen molar-refractivity contribution in [3.05, 3.63) is 41.3 Å². The number of thioether (sulfide) groups is 1. The van der Waals surface area contributed by atoms with Crippen LogP contribution in [0.2, 0.25) is 0 Å². The molecule has 10 heteroatoms. The van der Waals surface area contributed by atoms with Gasteiger partial charge in [0.2, 0.25) is 11.8 Å². The number of carbonyl (C=O) groups excluding carboxylic acids is 2. The lowest BCUT2D eigenvalue weighted by atomic mass is 10.2. The van der Waals surface area contributed by atoms with Crippen LogP contribution < -0.4 is 5.32 Å². The van der Waals surface area contributed by atoms with Crippen LogP contribution in [0, 0.1) is 11.6 Å². The van der Waals surface area contributed by atoms with Crippen molar-refractivity contribution in [2.24, 2.45) is 0 Å². The van der Waals surface area contributed by atoms with Crippen LogP contribution in [0.4, 0.5) is 8.78 Å². The number of amides is 2. The monoisotopic (exact) mass is 384 g/mol. The molecule has 0 saturated carbocycles. The Labute approximate surface area is 153 Å². The first-order chi connectivity index (χ1) is 12.5. The van der Waals surface area contributed by atoms with Gasteiger partial charge in [-0.1, -0.05) is 17.8 Å². The van der Waals surface area contributed by atoms with E-state index in [1.165, 1.54) is 6.07 Å². The molecular formula is C16H18F2N4O3S. The molecule has 2 aromatic rings. The largest absolute Gasteiger partial charge is 0.414 e. The maximum Gasteiger partial charge on any atom is 0.277 e. The van der Waals surface area contributed by atoms with Crippen LogP contribution in [0.1, 0.15) is 30.1 Å². The molecule has 7 nitrogen and oxygen atoms in total. The standard InChI is InChI=1S/C16H18F2N4O3S/c1-3-22(4-2)13(23)9-26-16-21-20-12(25-16)8-19-15(24)14-10(17)6-5-7-11(14)18/h5-7H,3-4,8-9H2,1-2H3,(H,19,24). The molecule has 2 rings (SSSR count). The zero-order chi connectivity index (χ0) is 19.1. The van der Waals surface area contributed by atoms with E-state index in [9.17, 15) is 18.4 Å². The number of nitrogens with zero attached hydrogens (tertiary/aromatic N) is 3. The number of carbonyl (C=O) groups is 2. The summed E-state index contributed by atoms with van der Waals surface area (Å²) in [6, 6.07) is 3.15. The lowest BCUT2D eigenvalue weighted by molar-refractivity contribution is -0.127. The quantitative estimate of drug-likeness (QED) is 0.703. The van der Waals surface area contributed by atoms with E-state index in [2.05, 4.69) is 15.5 Å². The number of rotatable bonds is 8. The Morgan fingerprint density at radius 2 is 1.85 bits per heavy atom. The minimum Gasteiger partial charge on any atom is -0.414 e. The van der Waals surface area contributed by atoms with E-state index in [-0.39, 0.29) is 29.3 Å². The number of halogens is 2. The van der Waals surface area contributed by atoms with E-state index in [1.807, 2.05) is 13.8 Å². The van der Waals surface area contributed by atoms with E-state index in [1.54, 1.807) is 4.90 Å². The summed E-state index contributed by atoms with van der Waals surface area (Å²) in [4.78, 5) is 25.5. The summed E-state index contributed by atoms with van der Waals surface area (Å²) in [5.74, 6) is -2.69. The van der Waals surface area contributed by atoms with Crippen LogP contribution >= 0.6 is 11.8 Å². The Hall–Kier alpha value is -2.49. The summed E-state index contributed by atoms with van der Waals surface area (Å²) in [6.45, 7) is 4.81. The first kappa shape index (κ1) is 19.8. The minimum absolute atomic E-state index is 0.0527. The van der Waals surface area contributed by atoms with Crippen LogP contribution in [-0.4, -0.2) is 45.8 Å². The fourth-order valence-electron chi connectivity index (χ4n) is 2.12. The molecule has 1 heterocycles. The van der Waals surface area contributed by atoms with Gasteiger partial charge in [0.25, 0.3) is 11.1 Å². The molecule has 0 saturated heterocycles. The second-order valence-electron chi connectivity index (χ2n) is 5.10. The molecule has 140 valence electrons. The van der Waals surface area contributed by atoms with Crippen LogP contribution in [0.5, 0.6) is 0 Å². The van der Waals surface area contributed by atoms with E-state index >= 15 is 0 Å². The van der Waals surface area contributed by atoms with Gasteiger partial charge in [0.15, 0.2) is 0 Å². The van der Waals surface area contributed by atoms with Crippen LogP contribution in [0.25, 0.3) is 0 Å². The molecule has 0 unspecified atom stereocenters.